The molecule has 0 aliphatic carbocycles. The second-order valence-electron chi connectivity index (χ2n) is 5.49. The second-order valence-corrected chi connectivity index (χ2v) is 5.49. The van der Waals surface area contributed by atoms with E-state index in [4.69, 9.17) is 5.73 Å². The van der Waals surface area contributed by atoms with Gasteiger partial charge < -0.3 is 10.5 Å². The molecule has 0 bridgehead atoms. The molecule has 0 saturated heterocycles. The van der Waals surface area contributed by atoms with E-state index in [1.54, 1.807) is 12.4 Å². The van der Waals surface area contributed by atoms with Gasteiger partial charge >= 0.3 is 6.61 Å². The maximum absolute atomic E-state index is 12.1. The van der Waals surface area contributed by atoms with Crippen molar-refractivity contribution in [3.8, 4) is 11.3 Å². The van der Waals surface area contributed by atoms with Gasteiger partial charge in [0.05, 0.1) is 24.4 Å². The van der Waals surface area contributed by atoms with Crippen LogP contribution >= 0.6 is 0 Å². The van der Waals surface area contributed by atoms with Crippen molar-refractivity contribution in [3.63, 3.8) is 0 Å². The van der Waals surface area contributed by atoms with E-state index in [2.05, 4.69) is 25.0 Å². The van der Waals surface area contributed by atoms with Crippen LogP contribution in [0.4, 0.5) is 14.6 Å². The molecule has 0 saturated carbocycles. The fourth-order valence-corrected chi connectivity index (χ4v) is 2.78. The number of anilines is 1. The highest BCUT2D eigenvalue weighted by Gasteiger charge is 2.12. The standard InChI is InChI=1S/C16H14F2N6O/c17-16(18)25-6-5-24-8-11-10-2-1-9(12-3-4-20-22-12)7-13(10)21-15(19)14(11)23-24/h1-4,7-8,16H,5-6H2,(H2,19,21)(H,20,22). The fraction of sp³-hybridized carbons (Fsp3) is 0.188. The highest BCUT2D eigenvalue weighted by Crippen LogP contribution is 2.29. The van der Waals surface area contributed by atoms with Crippen molar-refractivity contribution < 1.29 is 13.5 Å². The molecule has 0 aliphatic rings. The molecule has 25 heavy (non-hydrogen) atoms. The molecule has 7 nitrogen and oxygen atoms in total. The highest BCUT2D eigenvalue weighted by molar-refractivity contribution is 6.08. The van der Waals surface area contributed by atoms with Crippen LogP contribution in [0, 0.1) is 0 Å². The van der Waals surface area contributed by atoms with Gasteiger partial charge in [-0.2, -0.15) is 19.0 Å². The molecule has 1 aromatic carbocycles. The third kappa shape index (κ3) is 2.89. The number of alkyl halides is 2. The van der Waals surface area contributed by atoms with Crippen LogP contribution in [-0.4, -0.2) is 38.2 Å². The number of nitrogen functional groups attached to an aromatic ring is 1. The van der Waals surface area contributed by atoms with Gasteiger partial charge in [0, 0.05) is 28.7 Å². The lowest BCUT2D eigenvalue weighted by Crippen LogP contribution is -2.09. The Labute approximate surface area is 140 Å². The van der Waals surface area contributed by atoms with E-state index in [0.717, 1.165) is 27.5 Å². The van der Waals surface area contributed by atoms with Crippen molar-refractivity contribution >= 4 is 27.6 Å². The lowest BCUT2D eigenvalue weighted by atomic mass is 10.1. The van der Waals surface area contributed by atoms with E-state index in [-0.39, 0.29) is 19.0 Å². The van der Waals surface area contributed by atoms with Crippen molar-refractivity contribution in [2.45, 2.75) is 13.2 Å². The first-order valence-corrected chi connectivity index (χ1v) is 7.58. The molecule has 3 aromatic heterocycles. The summed E-state index contributed by atoms with van der Waals surface area (Å²) in [6.07, 6.45) is 3.44. The van der Waals surface area contributed by atoms with E-state index < -0.39 is 6.61 Å². The van der Waals surface area contributed by atoms with Gasteiger partial charge in [-0.05, 0) is 12.1 Å². The molecule has 0 atom stereocenters. The second kappa shape index (κ2) is 6.10. The Morgan fingerprint density at radius 1 is 1.24 bits per heavy atom. The Kier molecular flexibility index (Phi) is 3.77. The first-order valence-electron chi connectivity index (χ1n) is 7.58. The topological polar surface area (TPSA) is 94.6 Å². The van der Waals surface area contributed by atoms with Gasteiger partial charge in [0.2, 0.25) is 0 Å². The third-order valence-corrected chi connectivity index (χ3v) is 3.91. The summed E-state index contributed by atoms with van der Waals surface area (Å²) in [6.45, 7) is -2.73. The van der Waals surface area contributed by atoms with Gasteiger partial charge in [-0.15, -0.1) is 0 Å². The smallest absolute Gasteiger partial charge is 0.345 e. The van der Waals surface area contributed by atoms with Gasteiger partial charge in [0.15, 0.2) is 5.82 Å². The predicted octanol–water partition coefficient (Wildman–Crippen LogP) is 2.80. The van der Waals surface area contributed by atoms with Crippen LogP contribution in [0.15, 0.2) is 36.7 Å². The number of aromatic nitrogens is 5. The summed E-state index contributed by atoms with van der Waals surface area (Å²) in [5.41, 5.74) is 9.10. The lowest BCUT2D eigenvalue weighted by molar-refractivity contribution is -0.130. The molecular formula is C16H14F2N6O. The maximum Gasteiger partial charge on any atom is 0.345 e. The number of rotatable bonds is 5. The van der Waals surface area contributed by atoms with Crippen LogP contribution in [-0.2, 0) is 11.3 Å². The average molecular weight is 344 g/mol. The van der Waals surface area contributed by atoms with E-state index in [1.165, 1.54) is 4.68 Å². The summed E-state index contributed by atoms with van der Waals surface area (Å²) in [7, 11) is 0. The van der Waals surface area contributed by atoms with Crippen molar-refractivity contribution in [2.24, 2.45) is 0 Å². The van der Waals surface area contributed by atoms with E-state index in [9.17, 15) is 8.78 Å². The molecule has 4 aromatic rings. The molecule has 4 rings (SSSR count). The van der Waals surface area contributed by atoms with E-state index >= 15 is 0 Å². The fourth-order valence-electron chi connectivity index (χ4n) is 2.78. The number of aromatic amines is 1. The van der Waals surface area contributed by atoms with Gasteiger partial charge in [-0.1, -0.05) is 12.1 Å². The minimum atomic E-state index is -2.79. The number of halogens is 2. The molecule has 0 amide bonds. The summed E-state index contributed by atoms with van der Waals surface area (Å²) in [5, 5.41) is 12.9. The third-order valence-electron chi connectivity index (χ3n) is 3.91. The maximum atomic E-state index is 12.1. The average Bonchev–Trinajstić information content (AvgIpc) is 3.24. The number of nitrogens with one attached hydrogen (secondary N) is 1. The SMILES string of the molecule is Nc1nc2cc(-c3ccn[nH]3)ccc2c2cn(CCOC(F)F)nc12. The van der Waals surface area contributed by atoms with Crippen molar-refractivity contribution in [2.75, 3.05) is 12.3 Å². The highest BCUT2D eigenvalue weighted by atomic mass is 19.3. The Morgan fingerprint density at radius 3 is 2.88 bits per heavy atom. The lowest BCUT2D eigenvalue weighted by Gasteiger charge is -2.03. The molecule has 3 N–H and O–H groups in total. The Balaban J connectivity index is 1.76. The Hall–Kier alpha value is -3.07. The Morgan fingerprint density at radius 2 is 2.12 bits per heavy atom. The molecule has 0 fully saturated rings. The van der Waals surface area contributed by atoms with E-state index in [1.807, 2.05) is 24.3 Å². The minimum absolute atomic E-state index is 0.138. The van der Waals surface area contributed by atoms with E-state index in [0.29, 0.717) is 5.52 Å². The summed E-state index contributed by atoms with van der Waals surface area (Å²) >= 11 is 0. The number of hydrogen-bond acceptors (Lipinski definition) is 5. The number of ether oxygens (including phenoxy) is 1. The molecule has 0 unspecified atom stereocenters. The van der Waals surface area contributed by atoms with Gasteiger partial charge in [0.1, 0.15) is 5.52 Å². The zero-order valence-corrected chi connectivity index (χ0v) is 13.0. The largest absolute Gasteiger partial charge is 0.382 e. The zero-order valence-electron chi connectivity index (χ0n) is 13.0. The number of hydrogen-bond donors (Lipinski definition) is 2. The number of nitrogens with two attached hydrogens (primary N) is 1. The normalized spacial score (nSPS) is 11.8. The molecule has 0 radical (unpaired) electrons. The van der Waals surface area contributed by atoms with Crippen LogP contribution < -0.4 is 5.73 Å². The predicted molar refractivity (Wildman–Crippen MR) is 89.0 cm³/mol. The molecule has 0 aliphatic heterocycles. The van der Waals surface area contributed by atoms with Crippen LogP contribution in [0.2, 0.25) is 0 Å². The Bertz CT molecular complexity index is 1030. The molecular weight excluding hydrogens is 330 g/mol. The van der Waals surface area contributed by atoms with Crippen molar-refractivity contribution in [1.29, 1.82) is 0 Å². The van der Waals surface area contributed by atoms with Gasteiger partial charge in [-0.25, -0.2) is 4.98 Å². The summed E-state index contributed by atoms with van der Waals surface area (Å²) in [5.74, 6) is 0.290. The number of nitrogens with zero attached hydrogens (tertiary/aromatic N) is 4. The van der Waals surface area contributed by atoms with Gasteiger partial charge in [-0.3, -0.25) is 9.78 Å². The first kappa shape index (κ1) is 15.5. The number of H-pyrrole nitrogens is 1. The monoisotopic (exact) mass is 344 g/mol. The van der Waals surface area contributed by atoms with Gasteiger partial charge in [0.25, 0.3) is 0 Å². The number of pyridine rings is 1. The number of fused-ring (bicyclic) bond motifs is 3. The van der Waals surface area contributed by atoms with Crippen LogP contribution in [0.1, 0.15) is 0 Å². The van der Waals surface area contributed by atoms with Crippen molar-refractivity contribution in [1.82, 2.24) is 25.0 Å². The molecule has 9 heteroatoms. The zero-order chi connectivity index (χ0) is 17.4. The minimum Gasteiger partial charge on any atom is -0.382 e. The van der Waals surface area contributed by atoms with Crippen LogP contribution in [0.3, 0.4) is 0 Å². The summed E-state index contributed by atoms with van der Waals surface area (Å²) in [4.78, 5) is 4.41. The summed E-state index contributed by atoms with van der Waals surface area (Å²) in [6, 6.07) is 7.66. The van der Waals surface area contributed by atoms with Crippen molar-refractivity contribution in [3.05, 3.63) is 36.7 Å². The molecule has 3 heterocycles. The molecule has 0 spiro atoms. The quantitative estimate of drug-likeness (QED) is 0.580. The molecule has 128 valence electrons. The van der Waals surface area contributed by atoms with Crippen LogP contribution in [0.5, 0.6) is 0 Å². The number of benzene rings is 1. The first-order chi connectivity index (χ1) is 12.1. The summed E-state index contributed by atoms with van der Waals surface area (Å²) < 4.78 is 30.0. The van der Waals surface area contributed by atoms with Crippen LogP contribution in [0.25, 0.3) is 33.1 Å².